The Labute approximate surface area is 127 Å². The molecule has 112 valence electrons. The van der Waals surface area contributed by atoms with Crippen LogP contribution in [0.4, 0.5) is 0 Å². The van der Waals surface area contributed by atoms with E-state index in [4.69, 9.17) is 16.3 Å². The number of rotatable bonds is 8. The van der Waals surface area contributed by atoms with Gasteiger partial charge in [0.1, 0.15) is 12.4 Å². The van der Waals surface area contributed by atoms with Crippen molar-refractivity contribution in [1.82, 2.24) is 10.2 Å². The molecule has 1 aliphatic rings. The van der Waals surface area contributed by atoms with Crippen molar-refractivity contribution in [2.24, 2.45) is 0 Å². The van der Waals surface area contributed by atoms with Crippen LogP contribution in [-0.4, -0.2) is 37.7 Å². The van der Waals surface area contributed by atoms with Gasteiger partial charge < -0.3 is 10.1 Å². The van der Waals surface area contributed by atoms with Crippen molar-refractivity contribution in [2.75, 3.05) is 32.8 Å². The highest BCUT2D eigenvalue weighted by molar-refractivity contribution is 6.32. The fourth-order valence-corrected chi connectivity index (χ4v) is 2.73. The van der Waals surface area contributed by atoms with E-state index >= 15 is 0 Å². The molecule has 1 aromatic carbocycles. The maximum absolute atomic E-state index is 6.27. The zero-order valence-electron chi connectivity index (χ0n) is 12.3. The molecule has 0 spiro atoms. The van der Waals surface area contributed by atoms with Crippen molar-refractivity contribution in [2.45, 2.75) is 32.7 Å². The van der Waals surface area contributed by atoms with Gasteiger partial charge in [-0.2, -0.15) is 0 Å². The lowest BCUT2D eigenvalue weighted by atomic mass is 10.2. The van der Waals surface area contributed by atoms with Gasteiger partial charge in [0.05, 0.1) is 5.02 Å². The lowest BCUT2D eigenvalue weighted by Crippen LogP contribution is -2.25. The van der Waals surface area contributed by atoms with Gasteiger partial charge in [0.15, 0.2) is 0 Å². The van der Waals surface area contributed by atoms with E-state index in [0.717, 1.165) is 31.8 Å². The highest BCUT2D eigenvalue weighted by Gasteiger charge is 2.11. The number of hydrogen-bond donors (Lipinski definition) is 1. The highest BCUT2D eigenvalue weighted by atomic mass is 35.5. The third-order valence-electron chi connectivity index (χ3n) is 3.62. The van der Waals surface area contributed by atoms with Gasteiger partial charge in [-0.25, -0.2) is 0 Å². The van der Waals surface area contributed by atoms with Crippen LogP contribution in [0.3, 0.4) is 0 Å². The Bertz CT molecular complexity index is 405. The molecule has 1 heterocycles. The van der Waals surface area contributed by atoms with E-state index in [1.807, 2.05) is 12.1 Å². The fourth-order valence-electron chi connectivity index (χ4n) is 2.47. The summed E-state index contributed by atoms with van der Waals surface area (Å²) in [6.07, 6.45) is 3.78. The molecule has 1 aromatic rings. The second kappa shape index (κ2) is 8.50. The van der Waals surface area contributed by atoms with Crippen LogP contribution in [-0.2, 0) is 6.54 Å². The van der Waals surface area contributed by atoms with Crippen LogP contribution >= 0.6 is 11.6 Å². The average Bonchev–Trinajstić information content (AvgIpc) is 2.95. The minimum Gasteiger partial charge on any atom is -0.491 e. The molecular formula is C16H25ClN2O. The third kappa shape index (κ3) is 4.97. The van der Waals surface area contributed by atoms with Crippen molar-refractivity contribution in [3.63, 3.8) is 0 Å². The zero-order valence-corrected chi connectivity index (χ0v) is 13.1. The standard InChI is InChI=1S/C16H25ClN2O/c1-2-7-18-13-14-5-6-16(15(17)12-14)20-11-10-19-8-3-4-9-19/h5-6,12,18H,2-4,7-11,13H2,1H3. The van der Waals surface area contributed by atoms with Crippen LogP contribution in [0.2, 0.25) is 5.02 Å². The van der Waals surface area contributed by atoms with Crippen LogP contribution in [0.5, 0.6) is 5.75 Å². The van der Waals surface area contributed by atoms with Gasteiger partial charge in [-0.1, -0.05) is 24.6 Å². The maximum atomic E-state index is 6.27. The summed E-state index contributed by atoms with van der Waals surface area (Å²) in [5.41, 5.74) is 1.20. The van der Waals surface area contributed by atoms with E-state index in [-0.39, 0.29) is 0 Å². The highest BCUT2D eigenvalue weighted by Crippen LogP contribution is 2.25. The lowest BCUT2D eigenvalue weighted by Gasteiger charge is -2.15. The van der Waals surface area contributed by atoms with Crippen molar-refractivity contribution in [1.29, 1.82) is 0 Å². The Kier molecular flexibility index (Phi) is 6.64. The molecule has 0 radical (unpaired) electrons. The molecule has 0 amide bonds. The Morgan fingerprint density at radius 1 is 1.30 bits per heavy atom. The predicted octanol–water partition coefficient (Wildman–Crippen LogP) is 3.31. The van der Waals surface area contributed by atoms with E-state index in [0.29, 0.717) is 11.6 Å². The van der Waals surface area contributed by atoms with Crippen LogP contribution in [0, 0.1) is 0 Å². The first-order chi connectivity index (χ1) is 9.79. The molecule has 1 N–H and O–H groups in total. The topological polar surface area (TPSA) is 24.5 Å². The third-order valence-corrected chi connectivity index (χ3v) is 3.91. The second-order valence-corrected chi connectivity index (χ2v) is 5.75. The minimum atomic E-state index is 0.710. The van der Waals surface area contributed by atoms with E-state index in [9.17, 15) is 0 Å². The molecule has 0 bridgehead atoms. The average molecular weight is 297 g/mol. The van der Waals surface area contributed by atoms with Gasteiger partial charge in [0.25, 0.3) is 0 Å². The molecule has 3 nitrogen and oxygen atoms in total. The van der Waals surface area contributed by atoms with Crippen LogP contribution in [0.1, 0.15) is 31.7 Å². The number of nitrogens with zero attached hydrogens (tertiary/aromatic N) is 1. The van der Waals surface area contributed by atoms with Crippen LogP contribution in [0.15, 0.2) is 18.2 Å². The van der Waals surface area contributed by atoms with Crippen LogP contribution < -0.4 is 10.1 Å². The van der Waals surface area contributed by atoms with Crippen molar-refractivity contribution < 1.29 is 4.74 Å². The van der Waals surface area contributed by atoms with E-state index in [1.54, 1.807) is 0 Å². The Morgan fingerprint density at radius 2 is 2.10 bits per heavy atom. The maximum Gasteiger partial charge on any atom is 0.137 e. The van der Waals surface area contributed by atoms with Crippen LogP contribution in [0.25, 0.3) is 0 Å². The molecule has 0 saturated carbocycles. The number of ether oxygens (including phenoxy) is 1. The smallest absolute Gasteiger partial charge is 0.137 e. The molecule has 0 aliphatic carbocycles. The first kappa shape index (κ1) is 15.6. The molecule has 0 unspecified atom stereocenters. The van der Waals surface area contributed by atoms with Gasteiger partial charge in [-0.05, 0) is 56.6 Å². The van der Waals surface area contributed by atoms with E-state index in [1.165, 1.54) is 31.5 Å². The molecule has 4 heteroatoms. The summed E-state index contributed by atoms with van der Waals surface area (Å²) in [7, 11) is 0. The summed E-state index contributed by atoms with van der Waals surface area (Å²) in [6.45, 7) is 8.19. The summed E-state index contributed by atoms with van der Waals surface area (Å²) in [5, 5.41) is 4.08. The molecule has 1 aliphatic heterocycles. The van der Waals surface area contributed by atoms with E-state index in [2.05, 4.69) is 23.2 Å². The molecule has 20 heavy (non-hydrogen) atoms. The SMILES string of the molecule is CCCNCc1ccc(OCCN2CCCC2)c(Cl)c1. The van der Waals surface area contributed by atoms with Crippen molar-refractivity contribution in [3.05, 3.63) is 28.8 Å². The zero-order chi connectivity index (χ0) is 14.2. The number of benzene rings is 1. The first-order valence-corrected chi connectivity index (χ1v) is 8.01. The molecule has 2 rings (SSSR count). The fraction of sp³-hybridized carbons (Fsp3) is 0.625. The second-order valence-electron chi connectivity index (χ2n) is 5.34. The molecule has 0 atom stereocenters. The largest absolute Gasteiger partial charge is 0.491 e. The Hall–Kier alpha value is -0.770. The first-order valence-electron chi connectivity index (χ1n) is 7.64. The Balaban J connectivity index is 1.76. The number of likely N-dealkylation sites (tertiary alicyclic amines) is 1. The summed E-state index contributed by atoms with van der Waals surface area (Å²) in [6, 6.07) is 6.06. The molecule has 0 aromatic heterocycles. The number of nitrogens with one attached hydrogen (secondary N) is 1. The van der Waals surface area contributed by atoms with Gasteiger partial charge >= 0.3 is 0 Å². The van der Waals surface area contributed by atoms with Crippen molar-refractivity contribution in [3.8, 4) is 5.75 Å². The predicted molar refractivity (Wildman–Crippen MR) is 84.6 cm³/mol. The monoisotopic (exact) mass is 296 g/mol. The van der Waals surface area contributed by atoms with Gasteiger partial charge in [-0.15, -0.1) is 0 Å². The van der Waals surface area contributed by atoms with Gasteiger partial charge in [-0.3, -0.25) is 4.90 Å². The Morgan fingerprint density at radius 3 is 2.80 bits per heavy atom. The normalized spacial score (nSPS) is 15.7. The lowest BCUT2D eigenvalue weighted by molar-refractivity contribution is 0.238. The van der Waals surface area contributed by atoms with Gasteiger partial charge in [0.2, 0.25) is 0 Å². The summed E-state index contributed by atoms with van der Waals surface area (Å²) < 4.78 is 5.79. The summed E-state index contributed by atoms with van der Waals surface area (Å²) in [4.78, 5) is 2.44. The molecule has 1 saturated heterocycles. The molecule has 1 fully saturated rings. The van der Waals surface area contributed by atoms with Crippen molar-refractivity contribution >= 4 is 11.6 Å². The molecular weight excluding hydrogens is 272 g/mol. The summed E-state index contributed by atoms with van der Waals surface area (Å²) in [5.74, 6) is 0.796. The van der Waals surface area contributed by atoms with Gasteiger partial charge in [0, 0.05) is 13.1 Å². The number of hydrogen-bond acceptors (Lipinski definition) is 3. The van der Waals surface area contributed by atoms with E-state index < -0.39 is 0 Å². The number of halogens is 1. The summed E-state index contributed by atoms with van der Waals surface area (Å²) >= 11 is 6.27. The minimum absolute atomic E-state index is 0.710. The quantitative estimate of drug-likeness (QED) is 0.745.